The second kappa shape index (κ2) is 11.3. The summed E-state index contributed by atoms with van der Waals surface area (Å²) in [5, 5.41) is 9.50. The van der Waals surface area contributed by atoms with E-state index in [4.69, 9.17) is 4.74 Å². The molecule has 2 aliphatic heterocycles. The van der Waals surface area contributed by atoms with Crippen molar-refractivity contribution < 1.29 is 27.8 Å². The van der Waals surface area contributed by atoms with Crippen molar-refractivity contribution in [3.63, 3.8) is 0 Å². The maximum absolute atomic E-state index is 13.5. The molecular formula is C30H37F3N2O3. The van der Waals surface area contributed by atoms with Crippen LogP contribution < -0.4 is 4.74 Å². The Morgan fingerprint density at radius 1 is 0.921 bits per heavy atom. The van der Waals surface area contributed by atoms with Crippen molar-refractivity contribution >= 4 is 5.91 Å². The van der Waals surface area contributed by atoms with E-state index in [-0.39, 0.29) is 37.9 Å². The molecule has 2 aromatic carbocycles. The minimum atomic E-state index is -4.10. The Morgan fingerprint density at radius 3 is 2.11 bits per heavy atom. The average Bonchev–Trinajstić information content (AvgIpc) is 3.38. The van der Waals surface area contributed by atoms with E-state index in [9.17, 15) is 23.1 Å². The normalized spacial score (nSPS) is 22.3. The van der Waals surface area contributed by atoms with Gasteiger partial charge in [0.25, 0.3) is 5.91 Å². The topological polar surface area (TPSA) is 53.0 Å². The van der Waals surface area contributed by atoms with E-state index >= 15 is 0 Å². The molecule has 2 heterocycles. The van der Waals surface area contributed by atoms with Crippen LogP contribution >= 0.6 is 0 Å². The van der Waals surface area contributed by atoms with Crippen molar-refractivity contribution in [1.29, 1.82) is 0 Å². The first-order valence-corrected chi connectivity index (χ1v) is 13.8. The number of rotatable bonds is 8. The molecule has 0 bridgehead atoms. The predicted octanol–water partition coefficient (Wildman–Crippen LogP) is 5.77. The largest absolute Gasteiger partial charge is 0.493 e. The predicted molar refractivity (Wildman–Crippen MR) is 140 cm³/mol. The summed E-state index contributed by atoms with van der Waals surface area (Å²) >= 11 is 0. The molecular weight excluding hydrogens is 493 g/mol. The number of ether oxygens (including phenoxy) is 1. The van der Waals surface area contributed by atoms with E-state index in [0.29, 0.717) is 44.1 Å². The fourth-order valence-corrected chi connectivity index (χ4v) is 6.10. The fourth-order valence-electron chi connectivity index (χ4n) is 6.10. The van der Waals surface area contributed by atoms with Gasteiger partial charge in [0, 0.05) is 18.7 Å². The first-order valence-electron chi connectivity index (χ1n) is 13.8. The molecule has 5 nitrogen and oxygen atoms in total. The summed E-state index contributed by atoms with van der Waals surface area (Å²) in [4.78, 5) is 16.6. The minimum Gasteiger partial charge on any atom is -0.493 e. The Morgan fingerprint density at radius 2 is 1.55 bits per heavy atom. The third kappa shape index (κ3) is 5.71. The van der Waals surface area contributed by atoms with E-state index in [2.05, 4.69) is 0 Å². The number of aliphatic hydroxyl groups excluding tert-OH is 1. The first-order chi connectivity index (χ1) is 18.3. The fraction of sp³-hybridized carbons (Fsp3) is 0.567. The Kier molecular flexibility index (Phi) is 8.00. The van der Waals surface area contributed by atoms with Gasteiger partial charge in [0.05, 0.1) is 24.7 Å². The minimum absolute atomic E-state index is 0.0000240. The van der Waals surface area contributed by atoms with Crippen LogP contribution in [0.1, 0.15) is 55.3 Å². The summed E-state index contributed by atoms with van der Waals surface area (Å²) < 4.78 is 46.5. The Bertz CT molecular complexity index is 1080. The average molecular weight is 531 g/mol. The van der Waals surface area contributed by atoms with E-state index in [1.807, 2.05) is 53.4 Å². The lowest BCUT2D eigenvalue weighted by molar-refractivity contribution is -0.256. The molecule has 1 amide bonds. The molecule has 38 heavy (non-hydrogen) atoms. The van der Waals surface area contributed by atoms with Crippen LogP contribution in [0.4, 0.5) is 13.2 Å². The summed E-state index contributed by atoms with van der Waals surface area (Å²) in [5.74, 6) is 1.09. The third-order valence-electron chi connectivity index (χ3n) is 8.80. The molecule has 0 aromatic heterocycles. The van der Waals surface area contributed by atoms with Crippen molar-refractivity contribution in [2.75, 3.05) is 39.4 Å². The maximum Gasteiger partial charge on any atom is 0.395 e. The lowest BCUT2D eigenvalue weighted by atomic mass is 9.67. The van der Waals surface area contributed by atoms with Crippen molar-refractivity contribution in [2.45, 2.75) is 57.2 Å². The molecule has 2 saturated heterocycles. The summed E-state index contributed by atoms with van der Waals surface area (Å²) in [5.41, 5.74) is 1.17. The van der Waals surface area contributed by atoms with Gasteiger partial charge >= 0.3 is 6.18 Å². The molecule has 0 radical (unpaired) electrons. The summed E-state index contributed by atoms with van der Waals surface area (Å²) in [6, 6.07) is 15.3. The number of carbonyl (C=O) groups is 1. The maximum atomic E-state index is 13.5. The molecule has 2 aromatic rings. The Hall–Kier alpha value is -2.58. The highest BCUT2D eigenvalue weighted by molar-refractivity contribution is 5.95. The second-order valence-corrected chi connectivity index (χ2v) is 11.2. The number of likely N-dealkylation sites (tertiary alicyclic amines) is 2. The van der Waals surface area contributed by atoms with E-state index in [1.54, 1.807) is 4.90 Å². The number of hydrogen-bond donors (Lipinski definition) is 1. The molecule has 1 N–H and O–H groups in total. The monoisotopic (exact) mass is 530 g/mol. The second-order valence-electron chi connectivity index (χ2n) is 11.2. The van der Waals surface area contributed by atoms with Gasteiger partial charge in [-0.3, -0.25) is 4.79 Å². The van der Waals surface area contributed by atoms with Crippen LogP contribution in [0.3, 0.4) is 0 Å². The van der Waals surface area contributed by atoms with Crippen LogP contribution in [0.2, 0.25) is 0 Å². The molecule has 1 saturated carbocycles. The van der Waals surface area contributed by atoms with Gasteiger partial charge in [-0.15, -0.1) is 0 Å². The van der Waals surface area contributed by atoms with Crippen LogP contribution in [0, 0.1) is 11.3 Å². The number of alkyl halides is 3. The summed E-state index contributed by atoms with van der Waals surface area (Å²) in [6.07, 6.45) is 0.582. The highest BCUT2D eigenvalue weighted by atomic mass is 19.4. The van der Waals surface area contributed by atoms with Gasteiger partial charge in [0.1, 0.15) is 5.75 Å². The van der Waals surface area contributed by atoms with Crippen LogP contribution in [0.15, 0.2) is 48.5 Å². The zero-order valence-corrected chi connectivity index (χ0v) is 21.8. The number of carbonyl (C=O) groups excluding carboxylic acids is 1. The summed E-state index contributed by atoms with van der Waals surface area (Å²) in [7, 11) is 0. The van der Waals surface area contributed by atoms with Crippen LogP contribution in [-0.4, -0.2) is 72.4 Å². The van der Waals surface area contributed by atoms with E-state index in [0.717, 1.165) is 42.6 Å². The molecule has 206 valence electrons. The van der Waals surface area contributed by atoms with Gasteiger partial charge in [-0.05, 0) is 92.9 Å². The van der Waals surface area contributed by atoms with Crippen molar-refractivity contribution in [1.82, 2.24) is 9.80 Å². The van der Waals surface area contributed by atoms with Crippen molar-refractivity contribution in [3.8, 4) is 16.9 Å². The number of piperidine rings is 1. The molecule has 1 atom stereocenters. The molecule has 0 spiro atoms. The third-order valence-corrected chi connectivity index (χ3v) is 8.80. The van der Waals surface area contributed by atoms with Gasteiger partial charge in [-0.25, -0.2) is 0 Å². The van der Waals surface area contributed by atoms with Gasteiger partial charge in [0.15, 0.2) is 0 Å². The van der Waals surface area contributed by atoms with Crippen LogP contribution in [0.25, 0.3) is 11.1 Å². The Labute approximate surface area is 222 Å². The smallest absolute Gasteiger partial charge is 0.395 e. The highest BCUT2D eigenvalue weighted by Crippen LogP contribution is 2.53. The van der Waals surface area contributed by atoms with Gasteiger partial charge in [-0.2, -0.15) is 13.2 Å². The lowest BCUT2D eigenvalue weighted by Crippen LogP contribution is -2.53. The molecule has 8 heteroatoms. The molecule has 0 unspecified atom stereocenters. The van der Waals surface area contributed by atoms with Gasteiger partial charge in [0.2, 0.25) is 0 Å². The van der Waals surface area contributed by atoms with Gasteiger partial charge in [-0.1, -0.05) is 30.7 Å². The number of amides is 1. The Balaban J connectivity index is 1.09. The molecule has 3 aliphatic rings. The number of nitrogens with zero attached hydrogens (tertiary/aromatic N) is 2. The SMILES string of the molecule is O=C(c1ccc(-c2ccc(OCC3CCN(CC4(C(F)(F)F)CCC4)CC3)cc2)cc1)N1CCC[C@@H]1CO. The van der Waals surface area contributed by atoms with Crippen molar-refractivity contribution in [3.05, 3.63) is 54.1 Å². The molecule has 1 aliphatic carbocycles. The number of aliphatic hydroxyl groups is 1. The molecule has 3 fully saturated rings. The van der Waals surface area contributed by atoms with Crippen molar-refractivity contribution in [2.24, 2.45) is 11.3 Å². The molecule has 5 rings (SSSR count). The zero-order chi connectivity index (χ0) is 26.8. The van der Waals surface area contributed by atoms with Gasteiger partial charge < -0.3 is 19.6 Å². The quantitative estimate of drug-likeness (QED) is 0.471. The van der Waals surface area contributed by atoms with E-state index in [1.165, 1.54) is 0 Å². The zero-order valence-electron chi connectivity index (χ0n) is 21.8. The summed E-state index contributed by atoms with van der Waals surface area (Å²) in [6.45, 7) is 2.79. The van der Waals surface area contributed by atoms with Crippen LogP contribution in [0.5, 0.6) is 5.75 Å². The van der Waals surface area contributed by atoms with Crippen LogP contribution in [-0.2, 0) is 0 Å². The number of halogens is 3. The lowest BCUT2D eigenvalue weighted by Gasteiger charge is -2.47. The standard InChI is InChI=1S/C30H37F3N2O3/c31-30(32,33)29(14-2-15-29)21-34-17-12-22(13-18-34)20-38-27-10-8-24(9-11-27)23-4-6-25(7-5-23)28(37)35-16-1-3-26(35)19-36/h4-11,22,26,36H,1-3,12-21H2/t26-/m1/s1. The number of benzene rings is 2. The van der Waals surface area contributed by atoms with E-state index < -0.39 is 11.6 Å². The number of hydrogen-bond acceptors (Lipinski definition) is 4. The highest BCUT2D eigenvalue weighted by Gasteiger charge is 2.58. The first kappa shape index (κ1) is 27.0.